The van der Waals surface area contributed by atoms with Crippen molar-refractivity contribution in [2.24, 2.45) is 0 Å². The van der Waals surface area contributed by atoms with Crippen LogP contribution >= 0.6 is 0 Å². The second kappa shape index (κ2) is 9.20. The zero-order chi connectivity index (χ0) is 14.8. The minimum absolute atomic E-state index is 0.0183. The Hall–Kier alpha value is -1.75. The Kier molecular flexibility index (Phi) is 7.50. The van der Waals surface area contributed by atoms with Gasteiger partial charge < -0.3 is 20.1 Å². The third-order valence-electron chi connectivity index (χ3n) is 2.71. The van der Waals surface area contributed by atoms with E-state index in [0.717, 1.165) is 24.3 Å². The lowest BCUT2D eigenvalue weighted by Crippen LogP contribution is -2.33. The molecule has 0 fully saturated rings. The molecule has 0 atom stereocenters. The van der Waals surface area contributed by atoms with Crippen LogP contribution in [0.3, 0.4) is 0 Å². The van der Waals surface area contributed by atoms with Crippen LogP contribution in [0, 0.1) is 0 Å². The van der Waals surface area contributed by atoms with Gasteiger partial charge in [0.2, 0.25) is 5.91 Å². The molecule has 0 saturated carbocycles. The molecule has 1 amide bonds. The maximum Gasteiger partial charge on any atom is 0.233 e. The van der Waals surface area contributed by atoms with Crippen LogP contribution in [0.25, 0.3) is 0 Å². The molecule has 0 aliphatic carbocycles. The van der Waals surface area contributed by atoms with Crippen molar-refractivity contribution in [2.75, 3.05) is 26.8 Å². The van der Waals surface area contributed by atoms with Crippen LogP contribution in [-0.2, 0) is 11.3 Å². The number of hydrogen-bond donors (Lipinski definition) is 2. The number of amides is 1. The largest absolute Gasteiger partial charge is 0.493 e. The van der Waals surface area contributed by atoms with Gasteiger partial charge in [0.25, 0.3) is 0 Å². The summed E-state index contributed by atoms with van der Waals surface area (Å²) in [7, 11) is 1.62. The number of methoxy groups -OCH3 is 1. The minimum Gasteiger partial charge on any atom is -0.493 e. The maximum atomic E-state index is 11.4. The molecule has 0 saturated heterocycles. The lowest BCUT2D eigenvalue weighted by molar-refractivity contribution is -0.120. The number of carbonyl (C=O) groups is 1. The summed E-state index contributed by atoms with van der Waals surface area (Å²) in [6.07, 6.45) is 0.946. The first kappa shape index (κ1) is 16.3. The van der Waals surface area contributed by atoms with Crippen LogP contribution in [-0.4, -0.2) is 32.7 Å². The van der Waals surface area contributed by atoms with E-state index in [2.05, 4.69) is 10.6 Å². The van der Waals surface area contributed by atoms with Crippen molar-refractivity contribution in [3.63, 3.8) is 0 Å². The van der Waals surface area contributed by atoms with Crippen LogP contribution in [0.15, 0.2) is 18.2 Å². The molecule has 0 spiro atoms. The summed E-state index contributed by atoms with van der Waals surface area (Å²) in [6.45, 7) is 6.21. The lowest BCUT2D eigenvalue weighted by Gasteiger charge is -2.11. The first-order valence-corrected chi connectivity index (χ1v) is 6.98. The Bertz CT molecular complexity index is 422. The number of carbonyl (C=O) groups excluding carboxylic acids is 1. The quantitative estimate of drug-likeness (QED) is 0.723. The number of hydrogen-bond acceptors (Lipinski definition) is 4. The Morgan fingerprint density at radius 1 is 1.25 bits per heavy atom. The molecule has 5 heteroatoms. The monoisotopic (exact) mass is 280 g/mol. The van der Waals surface area contributed by atoms with Crippen LogP contribution in [0.4, 0.5) is 0 Å². The van der Waals surface area contributed by atoms with Gasteiger partial charge in [0.05, 0.1) is 20.3 Å². The summed E-state index contributed by atoms with van der Waals surface area (Å²) >= 11 is 0. The highest BCUT2D eigenvalue weighted by molar-refractivity contribution is 5.77. The number of benzene rings is 1. The van der Waals surface area contributed by atoms with E-state index in [-0.39, 0.29) is 5.91 Å². The van der Waals surface area contributed by atoms with Gasteiger partial charge >= 0.3 is 0 Å². The summed E-state index contributed by atoms with van der Waals surface area (Å²) in [6, 6.07) is 5.77. The molecule has 5 nitrogen and oxygen atoms in total. The zero-order valence-corrected chi connectivity index (χ0v) is 12.5. The first-order chi connectivity index (χ1) is 9.71. The van der Waals surface area contributed by atoms with E-state index in [1.807, 2.05) is 32.0 Å². The third-order valence-corrected chi connectivity index (χ3v) is 2.71. The van der Waals surface area contributed by atoms with Gasteiger partial charge in [-0.3, -0.25) is 4.79 Å². The van der Waals surface area contributed by atoms with Crippen molar-refractivity contribution in [1.29, 1.82) is 0 Å². The summed E-state index contributed by atoms with van der Waals surface area (Å²) < 4.78 is 10.7. The van der Waals surface area contributed by atoms with E-state index in [1.54, 1.807) is 7.11 Å². The molecule has 2 N–H and O–H groups in total. The molecule has 0 aliphatic rings. The molecule has 1 aromatic rings. The average molecular weight is 280 g/mol. The van der Waals surface area contributed by atoms with Crippen molar-refractivity contribution < 1.29 is 14.3 Å². The van der Waals surface area contributed by atoms with Crippen LogP contribution in [0.1, 0.15) is 25.8 Å². The standard InChI is InChI=1S/C15H24N2O3/c1-4-8-17-15(18)11-16-10-12-6-7-13(20-5-2)14(9-12)19-3/h6-7,9,16H,4-5,8,10-11H2,1-3H3,(H,17,18). The molecule has 0 radical (unpaired) electrons. The Morgan fingerprint density at radius 2 is 2.05 bits per heavy atom. The van der Waals surface area contributed by atoms with Gasteiger partial charge in [0, 0.05) is 13.1 Å². The fourth-order valence-corrected chi connectivity index (χ4v) is 1.74. The molecule has 0 bridgehead atoms. The predicted octanol–water partition coefficient (Wildman–Crippen LogP) is 1.71. The molecule has 0 aromatic heterocycles. The van der Waals surface area contributed by atoms with Crippen molar-refractivity contribution >= 4 is 5.91 Å². The van der Waals surface area contributed by atoms with Gasteiger partial charge in [0.1, 0.15) is 0 Å². The Morgan fingerprint density at radius 3 is 2.70 bits per heavy atom. The van der Waals surface area contributed by atoms with Crippen molar-refractivity contribution in [3.8, 4) is 11.5 Å². The summed E-state index contributed by atoms with van der Waals surface area (Å²) in [5.74, 6) is 1.46. The van der Waals surface area contributed by atoms with Gasteiger partial charge in [-0.1, -0.05) is 13.0 Å². The van der Waals surface area contributed by atoms with Gasteiger partial charge in [-0.05, 0) is 31.0 Å². The van der Waals surface area contributed by atoms with E-state index in [0.29, 0.717) is 25.4 Å². The maximum absolute atomic E-state index is 11.4. The molecular weight excluding hydrogens is 256 g/mol. The highest BCUT2D eigenvalue weighted by atomic mass is 16.5. The molecule has 112 valence electrons. The summed E-state index contributed by atoms with van der Waals surface area (Å²) in [4.78, 5) is 11.4. The molecule has 1 aromatic carbocycles. The van der Waals surface area contributed by atoms with Crippen LogP contribution in [0.2, 0.25) is 0 Å². The van der Waals surface area contributed by atoms with E-state index in [9.17, 15) is 4.79 Å². The highest BCUT2D eigenvalue weighted by Crippen LogP contribution is 2.27. The SMILES string of the molecule is CCCNC(=O)CNCc1ccc(OCC)c(OC)c1. The fraction of sp³-hybridized carbons (Fsp3) is 0.533. The molecule has 0 heterocycles. The summed E-state index contributed by atoms with van der Waals surface area (Å²) in [5, 5.41) is 5.93. The van der Waals surface area contributed by atoms with Gasteiger partial charge in [-0.25, -0.2) is 0 Å². The van der Waals surface area contributed by atoms with Crippen molar-refractivity contribution in [1.82, 2.24) is 10.6 Å². The van der Waals surface area contributed by atoms with Gasteiger partial charge in [0.15, 0.2) is 11.5 Å². The van der Waals surface area contributed by atoms with E-state index in [1.165, 1.54) is 0 Å². The molecular formula is C15H24N2O3. The number of ether oxygens (including phenoxy) is 2. The highest BCUT2D eigenvalue weighted by Gasteiger charge is 2.05. The van der Waals surface area contributed by atoms with Gasteiger partial charge in [-0.2, -0.15) is 0 Å². The topological polar surface area (TPSA) is 59.6 Å². The fourth-order valence-electron chi connectivity index (χ4n) is 1.74. The summed E-state index contributed by atoms with van der Waals surface area (Å²) in [5.41, 5.74) is 1.05. The smallest absolute Gasteiger partial charge is 0.233 e. The van der Waals surface area contributed by atoms with Crippen LogP contribution in [0.5, 0.6) is 11.5 Å². The molecule has 0 unspecified atom stereocenters. The van der Waals surface area contributed by atoms with Crippen molar-refractivity contribution in [3.05, 3.63) is 23.8 Å². The number of nitrogens with one attached hydrogen (secondary N) is 2. The van der Waals surface area contributed by atoms with Gasteiger partial charge in [-0.15, -0.1) is 0 Å². The van der Waals surface area contributed by atoms with Crippen molar-refractivity contribution in [2.45, 2.75) is 26.8 Å². The van der Waals surface area contributed by atoms with E-state index in [4.69, 9.17) is 9.47 Å². The van der Waals surface area contributed by atoms with E-state index >= 15 is 0 Å². The molecule has 20 heavy (non-hydrogen) atoms. The first-order valence-electron chi connectivity index (χ1n) is 6.98. The second-order valence-electron chi connectivity index (χ2n) is 4.37. The Balaban J connectivity index is 2.46. The number of rotatable bonds is 9. The predicted molar refractivity (Wildman–Crippen MR) is 79.2 cm³/mol. The Labute approximate surface area is 120 Å². The third kappa shape index (κ3) is 5.48. The molecule has 0 aliphatic heterocycles. The second-order valence-corrected chi connectivity index (χ2v) is 4.37. The van der Waals surface area contributed by atoms with Crippen LogP contribution < -0.4 is 20.1 Å². The average Bonchev–Trinajstić information content (AvgIpc) is 2.46. The normalized spacial score (nSPS) is 10.2. The zero-order valence-electron chi connectivity index (χ0n) is 12.5. The molecule has 1 rings (SSSR count). The van der Waals surface area contributed by atoms with E-state index < -0.39 is 0 Å². The minimum atomic E-state index is 0.0183. The lowest BCUT2D eigenvalue weighted by atomic mass is 10.2.